The van der Waals surface area contributed by atoms with E-state index < -0.39 is 0 Å². The van der Waals surface area contributed by atoms with Crippen molar-refractivity contribution >= 4 is 17.3 Å². The first-order valence-electron chi connectivity index (χ1n) is 6.67. The number of carbonyl (C=O) groups excluding carboxylic acids is 1. The fourth-order valence-electron chi connectivity index (χ4n) is 2.26. The Balaban J connectivity index is 1.73. The lowest BCUT2D eigenvalue weighted by Crippen LogP contribution is -2.25. The Morgan fingerprint density at radius 3 is 2.95 bits per heavy atom. The van der Waals surface area contributed by atoms with E-state index in [0.29, 0.717) is 18.0 Å². The summed E-state index contributed by atoms with van der Waals surface area (Å²) in [4.78, 5) is 11.3. The smallest absolute Gasteiger partial charge is 0.262 e. The highest BCUT2D eigenvalue weighted by Crippen LogP contribution is 2.28. The van der Waals surface area contributed by atoms with Gasteiger partial charge < -0.3 is 15.4 Å². The van der Waals surface area contributed by atoms with Gasteiger partial charge >= 0.3 is 0 Å². The van der Waals surface area contributed by atoms with Crippen LogP contribution in [0, 0.1) is 12.7 Å². The first kappa shape index (κ1) is 13.4. The Kier molecular flexibility index (Phi) is 3.48. The highest BCUT2D eigenvalue weighted by molar-refractivity contribution is 5.95. The van der Waals surface area contributed by atoms with E-state index in [1.807, 2.05) is 25.1 Å². The molecule has 4 nitrogen and oxygen atoms in total. The molecule has 0 aromatic heterocycles. The molecule has 0 fully saturated rings. The maximum absolute atomic E-state index is 13.1. The molecule has 2 aromatic rings. The highest BCUT2D eigenvalue weighted by Gasteiger charge is 2.15. The van der Waals surface area contributed by atoms with E-state index in [9.17, 15) is 9.18 Å². The van der Waals surface area contributed by atoms with Gasteiger partial charge in [-0.15, -0.1) is 0 Å². The molecule has 0 spiro atoms. The minimum atomic E-state index is -0.244. The number of hydrogen-bond donors (Lipinski definition) is 2. The summed E-state index contributed by atoms with van der Waals surface area (Å²) in [6, 6.07) is 10.3. The number of halogens is 1. The third-order valence-corrected chi connectivity index (χ3v) is 3.35. The molecule has 108 valence electrons. The van der Waals surface area contributed by atoms with Crippen LogP contribution in [0.15, 0.2) is 36.4 Å². The summed E-state index contributed by atoms with van der Waals surface area (Å²) >= 11 is 0. The number of anilines is 2. The number of fused-ring (bicyclic) bond motifs is 1. The predicted molar refractivity (Wildman–Crippen MR) is 79.0 cm³/mol. The zero-order valence-electron chi connectivity index (χ0n) is 11.6. The van der Waals surface area contributed by atoms with E-state index in [1.54, 1.807) is 6.07 Å². The first-order valence-corrected chi connectivity index (χ1v) is 6.67. The van der Waals surface area contributed by atoms with Gasteiger partial charge in [0.1, 0.15) is 11.6 Å². The SMILES string of the molecule is Cc1cc(F)ccc1NCc1ccc2c(c1)NC(=O)CO2. The molecular weight excluding hydrogens is 271 g/mol. The van der Waals surface area contributed by atoms with E-state index >= 15 is 0 Å². The summed E-state index contributed by atoms with van der Waals surface area (Å²) in [5.74, 6) is 0.282. The second kappa shape index (κ2) is 5.44. The minimum Gasteiger partial charge on any atom is -0.482 e. The molecule has 3 rings (SSSR count). The van der Waals surface area contributed by atoms with Crippen molar-refractivity contribution in [1.82, 2.24) is 0 Å². The molecule has 0 unspecified atom stereocenters. The summed E-state index contributed by atoms with van der Waals surface area (Å²) in [6.45, 7) is 2.49. The quantitative estimate of drug-likeness (QED) is 0.911. The van der Waals surface area contributed by atoms with Crippen LogP contribution in [-0.2, 0) is 11.3 Å². The molecule has 2 aromatic carbocycles. The van der Waals surface area contributed by atoms with Gasteiger partial charge in [-0.2, -0.15) is 0 Å². The van der Waals surface area contributed by atoms with Gasteiger partial charge in [0.25, 0.3) is 5.91 Å². The molecule has 1 amide bonds. The number of hydrogen-bond acceptors (Lipinski definition) is 3. The largest absolute Gasteiger partial charge is 0.482 e. The number of aryl methyl sites for hydroxylation is 1. The Hall–Kier alpha value is -2.56. The zero-order chi connectivity index (χ0) is 14.8. The summed E-state index contributed by atoms with van der Waals surface area (Å²) in [6.07, 6.45) is 0. The van der Waals surface area contributed by atoms with Gasteiger partial charge in [0, 0.05) is 12.2 Å². The standard InChI is InChI=1S/C16H15FN2O2/c1-10-6-12(17)3-4-13(10)18-8-11-2-5-15-14(7-11)19-16(20)9-21-15/h2-7,18H,8-9H2,1H3,(H,19,20). The van der Waals surface area contributed by atoms with Crippen molar-refractivity contribution in [2.45, 2.75) is 13.5 Å². The van der Waals surface area contributed by atoms with Gasteiger partial charge in [-0.3, -0.25) is 4.79 Å². The van der Waals surface area contributed by atoms with Crippen molar-refractivity contribution in [3.8, 4) is 5.75 Å². The molecule has 1 aliphatic heterocycles. The van der Waals surface area contributed by atoms with Crippen LogP contribution in [0.25, 0.3) is 0 Å². The third-order valence-electron chi connectivity index (χ3n) is 3.35. The minimum absolute atomic E-state index is 0.0549. The fourth-order valence-corrected chi connectivity index (χ4v) is 2.26. The lowest BCUT2D eigenvalue weighted by atomic mass is 10.1. The average Bonchev–Trinajstić information content (AvgIpc) is 2.46. The Morgan fingerprint density at radius 1 is 1.29 bits per heavy atom. The van der Waals surface area contributed by atoms with Crippen LogP contribution in [0.4, 0.5) is 15.8 Å². The van der Waals surface area contributed by atoms with Gasteiger partial charge in [-0.05, 0) is 48.4 Å². The van der Waals surface area contributed by atoms with Gasteiger partial charge in [-0.25, -0.2) is 4.39 Å². The number of benzene rings is 2. The van der Waals surface area contributed by atoms with Crippen LogP contribution in [0.2, 0.25) is 0 Å². The molecule has 5 heteroatoms. The van der Waals surface area contributed by atoms with Gasteiger partial charge in [0.15, 0.2) is 6.61 Å². The highest BCUT2D eigenvalue weighted by atomic mass is 19.1. The Morgan fingerprint density at radius 2 is 2.14 bits per heavy atom. The number of nitrogens with one attached hydrogen (secondary N) is 2. The predicted octanol–water partition coefficient (Wildman–Crippen LogP) is 3.08. The van der Waals surface area contributed by atoms with Crippen LogP contribution in [0.3, 0.4) is 0 Å². The number of rotatable bonds is 3. The van der Waals surface area contributed by atoms with Gasteiger partial charge in [0.05, 0.1) is 5.69 Å². The van der Waals surface area contributed by atoms with E-state index in [1.165, 1.54) is 12.1 Å². The normalized spacial score (nSPS) is 13.1. The van der Waals surface area contributed by atoms with Crippen molar-refractivity contribution in [1.29, 1.82) is 0 Å². The van der Waals surface area contributed by atoms with Crippen LogP contribution in [-0.4, -0.2) is 12.5 Å². The lowest BCUT2D eigenvalue weighted by molar-refractivity contribution is -0.118. The Bertz CT molecular complexity index is 701. The van der Waals surface area contributed by atoms with Crippen molar-refractivity contribution in [2.75, 3.05) is 17.2 Å². The molecule has 1 aliphatic rings. The Labute approximate surface area is 121 Å². The number of amides is 1. The van der Waals surface area contributed by atoms with E-state index in [0.717, 1.165) is 16.8 Å². The summed E-state index contributed by atoms with van der Waals surface area (Å²) in [5.41, 5.74) is 3.42. The molecule has 0 bridgehead atoms. The van der Waals surface area contributed by atoms with Crippen molar-refractivity contribution in [3.63, 3.8) is 0 Å². The molecular formula is C16H15FN2O2. The van der Waals surface area contributed by atoms with Crippen LogP contribution < -0.4 is 15.4 Å². The van der Waals surface area contributed by atoms with Crippen LogP contribution in [0.1, 0.15) is 11.1 Å². The average molecular weight is 286 g/mol. The lowest BCUT2D eigenvalue weighted by Gasteiger charge is -2.19. The van der Waals surface area contributed by atoms with Gasteiger partial charge in [-0.1, -0.05) is 6.07 Å². The van der Waals surface area contributed by atoms with E-state index in [-0.39, 0.29) is 18.3 Å². The summed E-state index contributed by atoms with van der Waals surface area (Å²) in [5, 5.41) is 6.03. The monoisotopic (exact) mass is 286 g/mol. The van der Waals surface area contributed by atoms with Crippen molar-refractivity contribution < 1.29 is 13.9 Å². The topological polar surface area (TPSA) is 50.4 Å². The van der Waals surface area contributed by atoms with E-state index in [2.05, 4.69) is 10.6 Å². The summed E-state index contributed by atoms with van der Waals surface area (Å²) in [7, 11) is 0. The number of ether oxygens (including phenoxy) is 1. The summed E-state index contributed by atoms with van der Waals surface area (Å²) < 4.78 is 18.4. The molecule has 0 aliphatic carbocycles. The second-order valence-electron chi connectivity index (χ2n) is 4.98. The fraction of sp³-hybridized carbons (Fsp3) is 0.188. The maximum atomic E-state index is 13.1. The molecule has 0 saturated carbocycles. The van der Waals surface area contributed by atoms with Crippen LogP contribution >= 0.6 is 0 Å². The van der Waals surface area contributed by atoms with Crippen molar-refractivity contribution in [3.05, 3.63) is 53.3 Å². The third kappa shape index (κ3) is 2.97. The first-order chi connectivity index (χ1) is 10.1. The molecule has 0 radical (unpaired) electrons. The zero-order valence-corrected chi connectivity index (χ0v) is 11.6. The van der Waals surface area contributed by atoms with Crippen molar-refractivity contribution in [2.24, 2.45) is 0 Å². The maximum Gasteiger partial charge on any atom is 0.262 e. The second-order valence-corrected chi connectivity index (χ2v) is 4.98. The van der Waals surface area contributed by atoms with Crippen LogP contribution in [0.5, 0.6) is 5.75 Å². The van der Waals surface area contributed by atoms with Gasteiger partial charge in [0.2, 0.25) is 0 Å². The molecule has 0 saturated heterocycles. The molecule has 21 heavy (non-hydrogen) atoms. The van der Waals surface area contributed by atoms with E-state index in [4.69, 9.17) is 4.74 Å². The molecule has 1 heterocycles. The molecule has 0 atom stereocenters. The molecule has 2 N–H and O–H groups in total. The number of carbonyl (C=O) groups is 1.